The number of piperazine rings is 2. The number of rotatable bonds is 9. The first-order valence-corrected chi connectivity index (χ1v) is 19.6. The van der Waals surface area contributed by atoms with Crippen LogP contribution in [0.1, 0.15) is 53.8 Å². The van der Waals surface area contributed by atoms with E-state index in [4.69, 9.17) is 14.7 Å². The number of ether oxygens (including phenoxy) is 1. The van der Waals surface area contributed by atoms with E-state index in [9.17, 15) is 24.3 Å². The van der Waals surface area contributed by atoms with Gasteiger partial charge in [0.05, 0.1) is 28.6 Å². The van der Waals surface area contributed by atoms with Crippen LogP contribution in [0.25, 0.3) is 22.1 Å². The molecule has 3 N–H and O–H groups in total. The van der Waals surface area contributed by atoms with E-state index in [0.29, 0.717) is 49.8 Å². The quantitative estimate of drug-likeness (QED) is 0.159. The molecule has 0 aliphatic carbocycles. The molecule has 0 spiro atoms. The number of carboxylic acid groups (broad SMARTS) is 1. The number of hydrogen-bond acceptors (Lipinski definition) is 7. The van der Waals surface area contributed by atoms with Crippen molar-refractivity contribution < 1.29 is 29.0 Å². The Morgan fingerprint density at radius 1 is 0.724 bits per heavy atom. The number of imidazole rings is 2. The molecule has 0 radical (unpaired) electrons. The van der Waals surface area contributed by atoms with Gasteiger partial charge < -0.3 is 29.6 Å². The minimum Gasteiger partial charge on any atom is -0.465 e. The van der Waals surface area contributed by atoms with E-state index in [1.54, 1.807) is 14.7 Å². The number of carbonyl (C=O) groups excluding carboxylic acids is 3. The Kier molecular flexibility index (Phi) is 10.6. The van der Waals surface area contributed by atoms with Gasteiger partial charge in [0.2, 0.25) is 11.8 Å². The van der Waals surface area contributed by atoms with Gasteiger partial charge in [0.25, 0.3) is 0 Å². The molecule has 14 nitrogen and oxygen atoms in total. The number of amides is 4. The highest BCUT2D eigenvalue weighted by Crippen LogP contribution is 2.36. The third-order valence-corrected chi connectivity index (χ3v) is 11.4. The van der Waals surface area contributed by atoms with Crippen molar-refractivity contribution in [2.75, 3.05) is 39.3 Å². The molecule has 0 bridgehead atoms. The van der Waals surface area contributed by atoms with Crippen molar-refractivity contribution in [3.8, 4) is 0 Å². The summed E-state index contributed by atoms with van der Waals surface area (Å²) in [5, 5.41) is 10.4. The van der Waals surface area contributed by atoms with Crippen LogP contribution in [0, 0.1) is 0 Å². The minimum absolute atomic E-state index is 0.0622. The lowest BCUT2D eigenvalue weighted by Crippen LogP contribution is -2.63. The molecular weight excluding hydrogens is 737 g/mol. The maximum atomic E-state index is 13.4. The molecule has 4 amide bonds. The van der Waals surface area contributed by atoms with Crippen molar-refractivity contribution >= 4 is 46.1 Å². The Morgan fingerprint density at radius 3 is 1.97 bits per heavy atom. The molecule has 6 aromatic rings. The predicted molar refractivity (Wildman–Crippen MR) is 217 cm³/mol. The Morgan fingerprint density at radius 2 is 1.33 bits per heavy atom. The zero-order valence-electron chi connectivity index (χ0n) is 32.6. The van der Waals surface area contributed by atoms with Crippen molar-refractivity contribution in [2.24, 2.45) is 0 Å². The van der Waals surface area contributed by atoms with E-state index in [0.717, 1.165) is 51.6 Å². The molecule has 2 aliphatic rings. The molecule has 298 valence electrons. The molecule has 2 unspecified atom stereocenters. The van der Waals surface area contributed by atoms with Crippen LogP contribution in [-0.2, 0) is 45.7 Å². The van der Waals surface area contributed by atoms with Crippen molar-refractivity contribution in [2.45, 2.75) is 51.3 Å². The van der Waals surface area contributed by atoms with Gasteiger partial charge in [0.1, 0.15) is 29.8 Å². The Labute approximate surface area is 335 Å². The fourth-order valence-electron chi connectivity index (χ4n) is 8.27. The van der Waals surface area contributed by atoms with E-state index >= 15 is 0 Å². The van der Waals surface area contributed by atoms with Crippen LogP contribution in [0.3, 0.4) is 0 Å². The highest BCUT2D eigenvalue weighted by Gasteiger charge is 2.49. The summed E-state index contributed by atoms with van der Waals surface area (Å²) in [6.07, 6.45) is 0.288. The van der Waals surface area contributed by atoms with Gasteiger partial charge in [0.15, 0.2) is 0 Å². The summed E-state index contributed by atoms with van der Waals surface area (Å²) in [6.45, 7) is 4.90. The topological polar surface area (TPSA) is 168 Å². The molecular formula is C44H46N8O6. The van der Waals surface area contributed by atoms with Crippen LogP contribution >= 0.6 is 0 Å². The lowest BCUT2D eigenvalue weighted by Gasteiger charge is -2.48. The Hall–Kier alpha value is -6.70. The maximum Gasteiger partial charge on any atom is 0.410 e. The summed E-state index contributed by atoms with van der Waals surface area (Å²) in [5.74, 6) is 0.920. The number of nitrogens with zero attached hydrogens (tertiary/aromatic N) is 6. The fraction of sp³-hybridized carbons (Fsp3) is 0.318. The molecule has 8 rings (SSSR count). The summed E-state index contributed by atoms with van der Waals surface area (Å²) < 4.78 is 5.69. The Bertz CT molecular complexity index is 2470. The molecule has 2 aliphatic heterocycles. The van der Waals surface area contributed by atoms with Crippen molar-refractivity contribution in [3.05, 3.63) is 131 Å². The smallest absolute Gasteiger partial charge is 0.410 e. The van der Waals surface area contributed by atoms with E-state index in [1.165, 1.54) is 18.7 Å². The van der Waals surface area contributed by atoms with Gasteiger partial charge in [-0.1, -0.05) is 72.8 Å². The average Bonchev–Trinajstić information content (AvgIpc) is 3.87. The monoisotopic (exact) mass is 782 g/mol. The first kappa shape index (κ1) is 38.2. The lowest BCUT2D eigenvalue weighted by molar-refractivity contribution is -0.134. The van der Waals surface area contributed by atoms with Gasteiger partial charge >= 0.3 is 12.2 Å². The number of hydrogen-bond donors (Lipinski definition) is 3. The number of carbonyl (C=O) groups is 4. The summed E-state index contributed by atoms with van der Waals surface area (Å²) in [7, 11) is 0. The van der Waals surface area contributed by atoms with Crippen LogP contribution in [0.5, 0.6) is 0 Å². The first-order chi connectivity index (χ1) is 28.1. The zero-order valence-corrected chi connectivity index (χ0v) is 32.6. The van der Waals surface area contributed by atoms with Gasteiger partial charge in [-0.3, -0.25) is 19.4 Å². The van der Waals surface area contributed by atoms with Gasteiger partial charge in [-0.25, -0.2) is 19.6 Å². The average molecular weight is 783 g/mol. The van der Waals surface area contributed by atoms with Gasteiger partial charge in [-0.2, -0.15) is 0 Å². The third kappa shape index (κ3) is 7.82. The number of fused-ring (bicyclic) bond motifs is 2. The van der Waals surface area contributed by atoms with Crippen molar-refractivity contribution in [3.63, 3.8) is 0 Å². The molecule has 0 saturated carbocycles. The number of aryl methyl sites for hydroxylation is 2. The second kappa shape index (κ2) is 16.0. The van der Waals surface area contributed by atoms with Crippen molar-refractivity contribution in [1.82, 2.24) is 39.5 Å². The molecule has 4 aromatic carbocycles. The lowest BCUT2D eigenvalue weighted by atomic mass is 9.85. The largest absolute Gasteiger partial charge is 0.465 e. The highest BCUT2D eigenvalue weighted by molar-refractivity contribution is 5.79. The second-order valence-electron chi connectivity index (χ2n) is 15.2. The first-order valence-electron chi connectivity index (χ1n) is 19.6. The van der Waals surface area contributed by atoms with E-state index in [2.05, 4.69) is 22.1 Å². The predicted octanol–water partition coefficient (Wildman–Crippen LogP) is 6.05. The third-order valence-electron chi connectivity index (χ3n) is 11.4. The highest BCUT2D eigenvalue weighted by atomic mass is 16.6. The van der Waals surface area contributed by atoms with Crippen LogP contribution in [0.15, 0.2) is 97.1 Å². The molecule has 2 atom stereocenters. The molecule has 4 heterocycles. The summed E-state index contributed by atoms with van der Waals surface area (Å²) in [5.41, 5.74) is 5.97. The summed E-state index contributed by atoms with van der Waals surface area (Å²) in [6, 6.07) is 30.8. The Balaban J connectivity index is 1.01. The van der Waals surface area contributed by atoms with Gasteiger partial charge in [0, 0.05) is 53.0 Å². The number of benzene rings is 4. The number of aromatic amines is 2. The summed E-state index contributed by atoms with van der Waals surface area (Å²) >= 11 is 0. The van der Waals surface area contributed by atoms with Crippen LogP contribution in [0.4, 0.5) is 9.59 Å². The number of H-pyrrole nitrogens is 2. The number of aromatic nitrogens is 4. The van der Waals surface area contributed by atoms with Crippen LogP contribution < -0.4 is 0 Å². The maximum absolute atomic E-state index is 13.4. The normalized spacial score (nSPS) is 18.5. The van der Waals surface area contributed by atoms with Crippen LogP contribution in [0.2, 0.25) is 0 Å². The molecule has 2 fully saturated rings. The van der Waals surface area contributed by atoms with E-state index in [-0.39, 0.29) is 31.5 Å². The van der Waals surface area contributed by atoms with Gasteiger partial charge in [-0.15, -0.1) is 0 Å². The second-order valence-corrected chi connectivity index (χ2v) is 15.2. The fourth-order valence-corrected chi connectivity index (χ4v) is 8.27. The SMILES string of the molecule is CC(=O)N1CCN(C(=O)OCc2ccccc2)C(c2nc3ccc(CCc4ccc5nc(C6(Cc7ccccc7)CN(C(C)=O)CCN6C(=O)O)[nH]c5c4)cc3[nH]2)C1. The van der Waals surface area contributed by atoms with E-state index in [1.807, 2.05) is 84.9 Å². The van der Waals surface area contributed by atoms with Gasteiger partial charge in [-0.05, 0) is 59.4 Å². The number of nitrogens with one attached hydrogen (secondary N) is 2. The molecule has 58 heavy (non-hydrogen) atoms. The molecule has 2 saturated heterocycles. The van der Waals surface area contributed by atoms with Crippen LogP contribution in [-0.4, -0.2) is 108 Å². The standard InChI is InChI=1S/C44H46N8O6/c1-29(53)49-19-21-51(43(57)58-27-34-11-7-4-8-12-34)39(26-49)40-45-35-17-15-31(23-37(35)46-40)13-14-32-16-18-36-38(24-32)48-41(47-36)44(25-33-9-5-3-6-10-33)28-50(30(2)54)20-22-52(44)42(55)56/h3-12,15-18,23-24,39H,13-14,19-22,25-28H2,1-2H3,(H,45,46)(H,47,48)(H,55,56). The van der Waals surface area contributed by atoms with Crippen molar-refractivity contribution in [1.29, 1.82) is 0 Å². The summed E-state index contributed by atoms with van der Waals surface area (Å²) in [4.78, 5) is 74.4. The molecule has 2 aromatic heterocycles. The van der Waals surface area contributed by atoms with E-state index < -0.39 is 23.8 Å². The minimum atomic E-state index is -1.11. The molecule has 14 heteroatoms. The zero-order chi connectivity index (χ0) is 40.4.